The van der Waals surface area contributed by atoms with Crippen molar-refractivity contribution in [2.24, 2.45) is 16.7 Å². The maximum Gasteiger partial charge on any atom is 0.257 e. The zero-order valence-corrected chi connectivity index (χ0v) is 17.4. The first-order chi connectivity index (χ1) is 13.9. The van der Waals surface area contributed by atoms with Crippen LogP contribution in [0.25, 0.3) is 21.8 Å². The van der Waals surface area contributed by atoms with Crippen molar-refractivity contribution in [1.29, 1.82) is 0 Å². The Hall–Kier alpha value is -2.33. The summed E-state index contributed by atoms with van der Waals surface area (Å²) in [5.41, 5.74) is 2.72. The van der Waals surface area contributed by atoms with Gasteiger partial charge < -0.3 is 14.6 Å². The Kier molecular flexibility index (Phi) is 3.28. The van der Waals surface area contributed by atoms with E-state index in [0.717, 1.165) is 25.1 Å². The lowest BCUT2D eigenvalue weighted by Crippen LogP contribution is -2.52. The van der Waals surface area contributed by atoms with Crippen LogP contribution in [-0.2, 0) is 16.1 Å². The Morgan fingerprint density at radius 2 is 1.97 bits per heavy atom. The van der Waals surface area contributed by atoms with Gasteiger partial charge in [0, 0.05) is 44.9 Å². The molecule has 6 rings (SSSR count). The topological polar surface area (TPSA) is 43.3 Å². The second-order valence-electron chi connectivity index (χ2n) is 9.75. The molecule has 4 heteroatoms. The molecule has 1 saturated heterocycles. The molecule has 1 amide bonds. The molecule has 150 valence electrons. The molecule has 2 heterocycles. The minimum Gasteiger partial charge on any atom is -0.364 e. The van der Waals surface area contributed by atoms with Gasteiger partial charge in [0.25, 0.3) is 5.91 Å². The van der Waals surface area contributed by atoms with E-state index in [2.05, 4.69) is 67.1 Å². The van der Waals surface area contributed by atoms with E-state index in [1.807, 2.05) is 6.07 Å². The van der Waals surface area contributed by atoms with Gasteiger partial charge in [-0.1, -0.05) is 32.0 Å². The molecule has 4 bridgehead atoms. The van der Waals surface area contributed by atoms with Crippen LogP contribution in [0.3, 0.4) is 0 Å². The molecule has 0 spiro atoms. The van der Waals surface area contributed by atoms with Crippen LogP contribution >= 0.6 is 0 Å². The number of carbonyl (C=O) groups excluding carboxylic acids is 1. The van der Waals surface area contributed by atoms with Crippen LogP contribution in [0.2, 0.25) is 0 Å². The van der Waals surface area contributed by atoms with Gasteiger partial charge in [-0.15, -0.1) is 0 Å². The van der Waals surface area contributed by atoms with Crippen molar-refractivity contribution in [1.82, 2.24) is 4.57 Å². The number of aryl methyl sites for hydroxylation is 1. The van der Waals surface area contributed by atoms with E-state index >= 15 is 0 Å². The Morgan fingerprint density at radius 3 is 2.72 bits per heavy atom. The van der Waals surface area contributed by atoms with Gasteiger partial charge in [0.15, 0.2) is 5.60 Å². The normalized spacial score (nSPS) is 35.1. The fourth-order valence-corrected chi connectivity index (χ4v) is 6.96. The largest absolute Gasteiger partial charge is 0.364 e. The van der Waals surface area contributed by atoms with E-state index < -0.39 is 5.60 Å². The number of para-hydroxylation sites is 1. The summed E-state index contributed by atoms with van der Waals surface area (Å²) >= 11 is 0. The highest BCUT2D eigenvalue weighted by molar-refractivity contribution is 6.10. The average molecular weight is 389 g/mol. The van der Waals surface area contributed by atoms with Gasteiger partial charge in [0.1, 0.15) is 0 Å². The number of anilines is 1. The van der Waals surface area contributed by atoms with Gasteiger partial charge in [-0.25, -0.2) is 0 Å². The quantitative estimate of drug-likeness (QED) is 0.657. The standard InChI is InChI=1S/C25H28N2O2/c1-4-27-20-8-6-5-7-18(20)19-13-17(9-10-21(19)27)26-22(28)25-14-16-11-12-24(25,3)23(16,2)15-29-25/h5-10,13,16H,4,11-12,14-15H2,1-3H3,(H,26,28)/t16-,23+,24-,25+/m0/s1. The highest BCUT2D eigenvalue weighted by atomic mass is 16.5. The fraction of sp³-hybridized carbons (Fsp3) is 0.480. The molecule has 1 aromatic heterocycles. The third-order valence-electron chi connectivity index (χ3n) is 8.91. The van der Waals surface area contributed by atoms with E-state index in [0.29, 0.717) is 12.5 Å². The van der Waals surface area contributed by atoms with Crippen LogP contribution in [-0.4, -0.2) is 22.7 Å². The van der Waals surface area contributed by atoms with Gasteiger partial charge in [-0.2, -0.15) is 0 Å². The molecule has 29 heavy (non-hydrogen) atoms. The lowest BCUT2D eigenvalue weighted by molar-refractivity contribution is -0.149. The highest BCUT2D eigenvalue weighted by Gasteiger charge is 2.78. The van der Waals surface area contributed by atoms with Crippen molar-refractivity contribution in [3.05, 3.63) is 42.5 Å². The SMILES string of the molecule is CCn1c2ccccc2c2cc(NC(=O)[C@]34C[C@@H]5CC[C@@]3(C)[C@]5(C)CO4)ccc21. The number of hydrogen-bond donors (Lipinski definition) is 1. The van der Waals surface area contributed by atoms with Crippen molar-refractivity contribution in [2.75, 3.05) is 11.9 Å². The van der Waals surface area contributed by atoms with Crippen LogP contribution in [0.1, 0.15) is 40.0 Å². The first kappa shape index (κ1) is 17.5. The Labute approximate surface area is 171 Å². The smallest absolute Gasteiger partial charge is 0.257 e. The number of aromatic nitrogens is 1. The molecule has 3 aliphatic rings. The molecule has 2 saturated carbocycles. The summed E-state index contributed by atoms with van der Waals surface area (Å²) in [4.78, 5) is 13.6. The number of hydrogen-bond acceptors (Lipinski definition) is 2. The fourth-order valence-electron chi connectivity index (χ4n) is 6.96. The molecule has 2 aliphatic carbocycles. The van der Waals surface area contributed by atoms with Gasteiger partial charge in [-0.05, 0) is 56.4 Å². The summed E-state index contributed by atoms with van der Waals surface area (Å²) in [6.07, 6.45) is 3.18. The maximum atomic E-state index is 13.6. The van der Waals surface area contributed by atoms with Gasteiger partial charge in [0.2, 0.25) is 0 Å². The Morgan fingerprint density at radius 1 is 1.17 bits per heavy atom. The molecule has 4 nitrogen and oxygen atoms in total. The van der Waals surface area contributed by atoms with Gasteiger partial charge in [0.05, 0.1) is 6.61 Å². The minimum absolute atomic E-state index is 0.0458. The first-order valence-corrected chi connectivity index (χ1v) is 10.9. The van der Waals surface area contributed by atoms with Crippen molar-refractivity contribution in [3.8, 4) is 0 Å². The molecule has 0 radical (unpaired) electrons. The van der Waals surface area contributed by atoms with Crippen LogP contribution < -0.4 is 5.32 Å². The van der Waals surface area contributed by atoms with Gasteiger partial charge in [-0.3, -0.25) is 4.79 Å². The Bertz CT molecular complexity index is 1180. The number of nitrogens with one attached hydrogen (secondary N) is 1. The summed E-state index contributed by atoms with van der Waals surface area (Å²) < 4.78 is 8.61. The molecule has 0 unspecified atom stereocenters. The number of fused-ring (bicyclic) bond motifs is 3. The molecular weight excluding hydrogens is 360 g/mol. The molecule has 2 aromatic carbocycles. The Balaban J connectivity index is 1.40. The predicted octanol–water partition coefficient (Wildman–Crippen LogP) is 5.35. The number of amides is 1. The van der Waals surface area contributed by atoms with E-state index in [1.54, 1.807) is 0 Å². The zero-order valence-electron chi connectivity index (χ0n) is 17.4. The summed E-state index contributed by atoms with van der Waals surface area (Å²) in [6, 6.07) is 14.8. The molecule has 3 aromatic rings. The molecule has 1 N–H and O–H groups in total. The second kappa shape index (κ2) is 5.42. The molecular formula is C25H28N2O2. The van der Waals surface area contributed by atoms with Crippen molar-refractivity contribution in [3.63, 3.8) is 0 Å². The first-order valence-electron chi connectivity index (χ1n) is 10.9. The monoisotopic (exact) mass is 388 g/mol. The van der Waals surface area contributed by atoms with Gasteiger partial charge >= 0.3 is 0 Å². The maximum absolute atomic E-state index is 13.6. The number of benzene rings is 2. The van der Waals surface area contributed by atoms with Crippen molar-refractivity contribution in [2.45, 2.75) is 52.2 Å². The molecule has 3 fully saturated rings. The summed E-state index contributed by atoms with van der Waals surface area (Å²) in [7, 11) is 0. The lowest BCUT2D eigenvalue weighted by Gasteiger charge is -2.40. The van der Waals surface area contributed by atoms with Crippen molar-refractivity contribution < 1.29 is 9.53 Å². The predicted molar refractivity (Wildman–Crippen MR) is 116 cm³/mol. The third-order valence-corrected chi connectivity index (χ3v) is 8.91. The minimum atomic E-state index is -0.670. The van der Waals surface area contributed by atoms with E-state index in [9.17, 15) is 4.79 Å². The lowest BCUT2D eigenvalue weighted by atomic mass is 9.66. The van der Waals surface area contributed by atoms with Crippen LogP contribution in [0.15, 0.2) is 42.5 Å². The van der Waals surface area contributed by atoms with E-state index in [4.69, 9.17) is 4.74 Å². The third kappa shape index (κ3) is 1.87. The van der Waals surface area contributed by atoms with Crippen LogP contribution in [0, 0.1) is 16.7 Å². The van der Waals surface area contributed by atoms with Crippen LogP contribution in [0.5, 0.6) is 0 Å². The number of carbonyl (C=O) groups is 1. The van der Waals surface area contributed by atoms with E-state index in [-0.39, 0.29) is 16.7 Å². The number of rotatable bonds is 3. The zero-order chi connectivity index (χ0) is 20.0. The molecule has 4 atom stereocenters. The second-order valence-corrected chi connectivity index (χ2v) is 9.75. The highest BCUT2D eigenvalue weighted by Crippen LogP contribution is 2.75. The van der Waals surface area contributed by atoms with E-state index in [1.165, 1.54) is 28.2 Å². The number of nitrogens with zero attached hydrogens (tertiary/aromatic N) is 1. The summed E-state index contributed by atoms with van der Waals surface area (Å²) in [5.74, 6) is 0.654. The number of ether oxygens (including phenoxy) is 1. The average Bonchev–Trinajstić information content (AvgIpc) is 3.33. The van der Waals surface area contributed by atoms with Crippen LogP contribution in [0.4, 0.5) is 5.69 Å². The summed E-state index contributed by atoms with van der Waals surface area (Å²) in [6.45, 7) is 8.42. The molecule has 1 aliphatic heterocycles. The van der Waals surface area contributed by atoms with Crippen molar-refractivity contribution >= 4 is 33.4 Å². The summed E-state index contributed by atoms with van der Waals surface area (Å²) in [5, 5.41) is 5.66.